The van der Waals surface area contributed by atoms with E-state index in [0.717, 1.165) is 16.5 Å². The topological polar surface area (TPSA) is 12.9 Å². The zero-order chi connectivity index (χ0) is 12.3. The summed E-state index contributed by atoms with van der Waals surface area (Å²) in [7, 11) is 0. The highest BCUT2D eigenvalue weighted by atomic mass is 19.1. The number of hydrogen-bond acceptors (Lipinski definition) is 1. The van der Waals surface area contributed by atoms with Gasteiger partial charge in [0.1, 0.15) is 0 Å². The zero-order valence-corrected chi connectivity index (χ0v) is 10.6. The van der Waals surface area contributed by atoms with Gasteiger partial charge in [-0.05, 0) is 55.7 Å². The van der Waals surface area contributed by atoms with Crippen LogP contribution in [0.25, 0.3) is 10.9 Å². The lowest BCUT2D eigenvalue weighted by atomic mass is 9.99. The van der Waals surface area contributed by atoms with Crippen LogP contribution in [0.2, 0.25) is 0 Å². The number of pyridine rings is 1. The lowest BCUT2D eigenvalue weighted by molar-refractivity contribution is 0.589. The standard InChI is InChI=1S/C12H12FN.C2H6/c1-7-6-11-10(9(3)8(7)2)4-5-12(13)14-11;1-2/h4-6H,1-3H3;1-2H3. The van der Waals surface area contributed by atoms with Gasteiger partial charge < -0.3 is 0 Å². The van der Waals surface area contributed by atoms with Crippen LogP contribution in [0.3, 0.4) is 0 Å². The zero-order valence-electron chi connectivity index (χ0n) is 10.6. The fraction of sp³-hybridized carbons (Fsp3) is 0.357. The fourth-order valence-corrected chi connectivity index (χ4v) is 1.69. The van der Waals surface area contributed by atoms with Crippen molar-refractivity contribution in [3.05, 3.63) is 40.8 Å². The maximum atomic E-state index is 12.9. The number of hydrogen-bond donors (Lipinski definition) is 0. The van der Waals surface area contributed by atoms with Crippen molar-refractivity contribution in [3.63, 3.8) is 0 Å². The van der Waals surface area contributed by atoms with E-state index < -0.39 is 5.95 Å². The maximum absolute atomic E-state index is 12.9. The second kappa shape index (κ2) is 5.06. The molecule has 86 valence electrons. The molecule has 16 heavy (non-hydrogen) atoms. The number of aryl methyl sites for hydroxylation is 2. The van der Waals surface area contributed by atoms with Crippen molar-refractivity contribution in [1.82, 2.24) is 4.98 Å². The molecule has 0 amide bonds. The highest BCUT2D eigenvalue weighted by Gasteiger charge is 2.05. The van der Waals surface area contributed by atoms with E-state index in [1.54, 1.807) is 6.07 Å². The summed E-state index contributed by atoms with van der Waals surface area (Å²) in [6, 6.07) is 5.13. The minimum absolute atomic E-state index is 0.417. The average Bonchev–Trinajstić information content (AvgIpc) is 2.28. The van der Waals surface area contributed by atoms with E-state index in [4.69, 9.17) is 0 Å². The van der Waals surface area contributed by atoms with Gasteiger partial charge in [-0.15, -0.1) is 0 Å². The Morgan fingerprint density at radius 1 is 1.00 bits per heavy atom. The van der Waals surface area contributed by atoms with Gasteiger partial charge in [-0.2, -0.15) is 4.39 Å². The van der Waals surface area contributed by atoms with E-state index in [1.165, 1.54) is 17.2 Å². The second-order valence-corrected chi connectivity index (χ2v) is 3.64. The van der Waals surface area contributed by atoms with Gasteiger partial charge >= 0.3 is 0 Å². The van der Waals surface area contributed by atoms with Crippen LogP contribution in [-0.4, -0.2) is 4.98 Å². The molecule has 1 heterocycles. The highest BCUT2D eigenvalue weighted by Crippen LogP contribution is 2.23. The molecular formula is C14H18FN. The van der Waals surface area contributed by atoms with Gasteiger partial charge in [0.05, 0.1) is 5.52 Å². The third-order valence-corrected chi connectivity index (χ3v) is 2.80. The monoisotopic (exact) mass is 219 g/mol. The molecule has 0 saturated carbocycles. The van der Waals surface area contributed by atoms with Gasteiger partial charge in [-0.1, -0.05) is 13.8 Å². The third-order valence-electron chi connectivity index (χ3n) is 2.80. The van der Waals surface area contributed by atoms with Crippen LogP contribution in [0.1, 0.15) is 30.5 Å². The summed E-state index contributed by atoms with van der Waals surface area (Å²) < 4.78 is 12.9. The van der Waals surface area contributed by atoms with Gasteiger partial charge in [-0.25, -0.2) is 4.98 Å². The van der Waals surface area contributed by atoms with E-state index in [2.05, 4.69) is 11.9 Å². The van der Waals surface area contributed by atoms with Gasteiger partial charge in [0.2, 0.25) is 5.95 Å². The number of nitrogens with zero attached hydrogens (tertiary/aromatic N) is 1. The van der Waals surface area contributed by atoms with Gasteiger partial charge in [0.15, 0.2) is 0 Å². The molecule has 2 rings (SSSR count). The van der Waals surface area contributed by atoms with E-state index in [9.17, 15) is 4.39 Å². The number of benzene rings is 1. The Balaban J connectivity index is 0.000000606. The molecule has 0 aliphatic heterocycles. The normalized spacial score (nSPS) is 9.88. The summed E-state index contributed by atoms with van der Waals surface area (Å²) in [5, 5.41) is 1.04. The molecule has 1 aromatic heterocycles. The molecule has 2 aromatic rings. The molecule has 0 N–H and O–H groups in total. The van der Waals surface area contributed by atoms with Crippen molar-refractivity contribution in [2.75, 3.05) is 0 Å². The van der Waals surface area contributed by atoms with Gasteiger partial charge in [0.25, 0.3) is 0 Å². The Hall–Kier alpha value is -1.44. The minimum atomic E-state index is -0.417. The number of aromatic nitrogens is 1. The first-order chi connectivity index (χ1) is 7.59. The van der Waals surface area contributed by atoms with Crippen molar-refractivity contribution in [2.24, 2.45) is 0 Å². The predicted octanol–water partition coefficient (Wildman–Crippen LogP) is 4.33. The van der Waals surface area contributed by atoms with E-state index in [-0.39, 0.29) is 0 Å². The molecule has 1 aromatic carbocycles. The van der Waals surface area contributed by atoms with E-state index >= 15 is 0 Å². The Morgan fingerprint density at radius 2 is 1.62 bits per heavy atom. The summed E-state index contributed by atoms with van der Waals surface area (Å²) in [5.74, 6) is -0.417. The largest absolute Gasteiger partial charge is 0.220 e. The smallest absolute Gasteiger partial charge is 0.213 e. The molecule has 0 unspecified atom stereocenters. The molecule has 0 saturated heterocycles. The van der Waals surface area contributed by atoms with Crippen LogP contribution in [0.5, 0.6) is 0 Å². The Morgan fingerprint density at radius 3 is 2.25 bits per heavy atom. The minimum Gasteiger partial charge on any atom is -0.220 e. The van der Waals surface area contributed by atoms with Crippen LogP contribution in [0.15, 0.2) is 18.2 Å². The molecule has 0 atom stereocenters. The quantitative estimate of drug-likeness (QED) is 0.601. The van der Waals surface area contributed by atoms with E-state index in [0.29, 0.717) is 0 Å². The lowest BCUT2D eigenvalue weighted by Gasteiger charge is -2.08. The molecule has 0 aliphatic rings. The van der Waals surface area contributed by atoms with Gasteiger partial charge in [0, 0.05) is 5.39 Å². The number of rotatable bonds is 0. The third kappa shape index (κ3) is 2.21. The summed E-state index contributed by atoms with van der Waals surface area (Å²) in [4.78, 5) is 3.87. The Bertz CT molecular complexity index is 504. The average molecular weight is 219 g/mol. The van der Waals surface area contributed by atoms with Crippen molar-refractivity contribution in [1.29, 1.82) is 0 Å². The van der Waals surface area contributed by atoms with Crippen molar-refractivity contribution in [2.45, 2.75) is 34.6 Å². The summed E-state index contributed by atoms with van der Waals surface area (Å²) in [6.45, 7) is 10.1. The van der Waals surface area contributed by atoms with Crippen molar-refractivity contribution >= 4 is 10.9 Å². The van der Waals surface area contributed by atoms with Crippen LogP contribution in [0, 0.1) is 26.7 Å². The molecule has 0 spiro atoms. The summed E-state index contributed by atoms with van der Waals surface area (Å²) in [5.41, 5.74) is 4.34. The molecule has 0 aliphatic carbocycles. The number of halogens is 1. The first-order valence-electron chi connectivity index (χ1n) is 5.62. The summed E-state index contributed by atoms with van der Waals surface area (Å²) >= 11 is 0. The van der Waals surface area contributed by atoms with Crippen LogP contribution >= 0.6 is 0 Å². The lowest BCUT2D eigenvalue weighted by Crippen LogP contribution is -1.92. The molecule has 2 heteroatoms. The van der Waals surface area contributed by atoms with Crippen LogP contribution in [-0.2, 0) is 0 Å². The molecule has 0 radical (unpaired) electrons. The summed E-state index contributed by atoms with van der Waals surface area (Å²) in [6.07, 6.45) is 0. The van der Waals surface area contributed by atoms with Crippen molar-refractivity contribution < 1.29 is 4.39 Å². The Labute approximate surface area is 96.3 Å². The molecule has 0 fully saturated rings. The van der Waals surface area contributed by atoms with E-state index in [1.807, 2.05) is 33.8 Å². The Kier molecular flexibility index (Phi) is 3.99. The van der Waals surface area contributed by atoms with Crippen LogP contribution < -0.4 is 0 Å². The van der Waals surface area contributed by atoms with Crippen LogP contribution in [0.4, 0.5) is 4.39 Å². The number of fused-ring (bicyclic) bond motifs is 1. The predicted molar refractivity (Wildman–Crippen MR) is 67.3 cm³/mol. The second-order valence-electron chi connectivity index (χ2n) is 3.64. The maximum Gasteiger partial charge on any atom is 0.213 e. The first-order valence-corrected chi connectivity index (χ1v) is 5.62. The molecule has 1 nitrogen and oxygen atoms in total. The SMILES string of the molecule is CC.Cc1cc2nc(F)ccc2c(C)c1C. The van der Waals surface area contributed by atoms with Gasteiger partial charge in [-0.3, -0.25) is 0 Å². The molecular weight excluding hydrogens is 201 g/mol. The fourth-order valence-electron chi connectivity index (χ4n) is 1.69. The first kappa shape index (κ1) is 12.6. The molecule has 0 bridgehead atoms. The van der Waals surface area contributed by atoms with Crippen molar-refractivity contribution in [3.8, 4) is 0 Å². The highest BCUT2D eigenvalue weighted by molar-refractivity contribution is 5.84.